The summed E-state index contributed by atoms with van der Waals surface area (Å²) >= 11 is 0. The number of aromatic nitrogens is 1. The normalized spacial score (nSPS) is 10.8. The number of terminal acetylenes is 1. The fourth-order valence-electron chi connectivity index (χ4n) is 4.54. The number of benzene rings is 3. The number of fused-ring (bicyclic) bond motifs is 1. The molecule has 164 valence electrons. The summed E-state index contributed by atoms with van der Waals surface area (Å²) in [5, 5.41) is 4.28. The average molecular weight is 435 g/mol. The second-order valence-corrected chi connectivity index (χ2v) is 8.53. The lowest BCUT2D eigenvalue weighted by Gasteiger charge is -2.18. The maximum absolute atomic E-state index is 12.7. The molecule has 0 atom stereocenters. The summed E-state index contributed by atoms with van der Waals surface area (Å²) in [6.45, 7) is 6.38. The number of amides is 1. The van der Waals surface area contributed by atoms with Crippen LogP contribution >= 0.6 is 0 Å². The Kier molecular flexibility index (Phi) is 5.89. The number of carbonyl (C=O) groups excluding carboxylic acids is 1. The number of carbonyl (C=O) groups is 1. The van der Waals surface area contributed by atoms with Crippen molar-refractivity contribution in [2.24, 2.45) is 7.05 Å². The predicted molar refractivity (Wildman–Crippen MR) is 136 cm³/mol. The van der Waals surface area contributed by atoms with Crippen molar-refractivity contribution in [3.05, 3.63) is 99.0 Å². The molecule has 0 spiro atoms. The summed E-state index contributed by atoms with van der Waals surface area (Å²) in [4.78, 5) is 24.6. The Morgan fingerprint density at radius 3 is 2.30 bits per heavy atom. The molecular formula is C29H26N2O2. The van der Waals surface area contributed by atoms with Crippen molar-refractivity contribution in [3.8, 4) is 23.5 Å². The van der Waals surface area contributed by atoms with E-state index in [1.807, 2.05) is 48.7 Å². The highest BCUT2D eigenvalue weighted by atomic mass is 16.1. The molecule has 0 fully saturated rings. The smallest absolute Gasteiger partial charge is 0.300 e. The second kappa shape index (κ2) is 8.80. The van der Waals surface area contributed by atoms with Gasteiger partial charge >= 0.3 is 0 Å². The number of anilines is 1. The Morgan fingerprint density at radius 1 is 0.970 bits per heavy atom. The lowest BCUT2D eigenvalue weighted by molar-refractivity contribution is -0.111. The second-order valence-electron chi connectivity index (χ2n) is 8.53. The van der Waals surface area contributed by atoms with Crippen molar-refractivity contribution in [2.45, 2.75) is 27.2 Å². The molecule has 4 heteroatoms. The molecule has 33 heavy (non-hydrogen) atoms. The fourth-order valence-corrected chi connectivity index (χ4v) is 4.54. The Bertz CT molecular complexity index is 1480. The molecule has 0 aliphatic carbocycles. The van der Waals surface area contributed by atoms with Gasteiger partial charge in [0.25, 0.3) is 11.5 Å². The van der Waals surface area contributed by atoms with Crippen LogP contribution in [0.1, 0.15) is 27.8 Å². The lowest BCUT2D eigenvalue weighted by Crippen LogP contribution is -2.16. The molecule has 1 heterocycles. The molecule has 0 saturated carbocycles. The van der Waals surface area contributed by atoms with Crippen LogP contribution in [0.15, 0.2) is 65.6 Å². The van der Waals surface area contributed by atoms with Gasteiger partial charge in [-0.3, -0.25) is 9.59 Å². The van der Waals surface area contributed by atoms with Gasteiger partial charge in [-0.25, -0.2) is 0 Å². The molecule has 0 bridgehead atoms. The summed E-state index contributed by atoms with van der Waals surface area (Å²) in [5.41, 5.74) is 8.57. The van der Waals surface area contributed by atoms with Crippen molar-refractivity contribution < 1.29 is 4.79 Å². The number of nitrogens with one attached hydrogen (secondary N) is 1. The minimum Gasteiger partial charge on any atom is -0.317 e. The van der Waals surface area contributed by atoms with Gasteiger partial charge in [-0.1, -0.05) is 42.0 Å². The first-order valence-electron chi connectivity index (χ1n) is 10.8. The third kappa shape index (κ3) is 4.31. The standard InChI is InChI=1S/C29H26N2O2/c1-6-28(32)30-22-12-11-21(15-25-19(3)13-18(2)14-20(25)4)26(16-22)27-17-31(5)29(33)24-10-8-7-9-23(24)27/h1,7-14,16-17H,15H2,2-5H3,(H,30,32). The van der Waals surface area contributed by atoms with Crippen LogP contribution in [0.3, 0.4) is 0 Å². The number of hydrogen-bond donors (Lipinski definition) is 1. The first-order chi connectivity index (χ1) is 15.8. The molecular weight excluding hydrogens is 408 g/mol. The van der Waals surface area contributed by atoms with Gasteiger partial charge in [0.15, 0.2) is 0 Å². The van der Waals surface area contributed by atoms with Gasteiger partial charge in [0.2, 0.25) is 0 Å². The third-order valence-electron chi connectivity index (χ3n) is 6.09. The SMILES string of the molecule is C#CC(=O)Nc1ccc(Cc2c(C)cc(C)cc2C)c(-c2cn(C)c(=O)c3ccccc23)c1. The number of aryl methyl sites for hydroxylation is 4. The van der Waals surface area contributed by atoms with Crippen molar-refractivity contribution in [2.75, 3.05) is 5.32 Å². The van der Waals surface area contributed by atoms with Gasteiger partial charge < -0.3 is 9.88 Å². The van der Waals surface area contributed by atoms with Gasteiger partial charge in [0, 0.05) is 29.9 Å². The minimum atomic E-state index is -0.496. The van der Waals surface area contributed by atoms with E-state index >= 15 is 0 Å². The van der Waals surface area contributed by atoms with E-state index in [9.17, 15) is 9.59 Å². The molecule has 1 aromatic heterocycles. The zero-order valence-electron chi connectivity index (χ0n) is 19.3. The minimum absolute atomic E-state index is 0.0436. The summed E-state index contributed by atoms with van der Waals surface area (Å²) in [5.74, 6) is 1.60. The molecule has 1 N–H and O–H groups in total. The predicted octanol–water partition coefficient (Wildman–Crippen LogP) is 5.29. The number of hydrogen-bond acceptors (Lipinski definition) is 2. The van der Waals surface area contributed by atoms with Crippen molar-refractivity contribution >= 4 is 22.4 Å². The monoisotopic (exact) mass is 434 g/mol. The van der Waals surface area contributed by atoms with Crippen molar-refractivity contribution in [1.82, 2.24) is 4.57 Å². The molecule has 0 aliphatic heterocycles. The highest BCUT2D eigenvalue weighted by Gasteiger charge is 2.15. The van der Waals surface area contributed by atoms with Crippen LogP contribution in [0.2, 0.25) is 0 Å². The van der Waals surface area contributed by atoms with E-state index in [4.69, 9.17) is 6.42 Å². The van der Waals surface area contributed by atoms with Gasteiger partial charge in [-0.2, -0.15) is 0 Å². The third-order valence-corrected chi connectivity index (χ3v) is 6.09. The quantitative estimate of drug-likeness (QED) is 0.444. The fraction of sp³-hybridized carbons (Fsp3) is 0.172. The van der Waals surface area contributed by atoms with Gasteiger partial charge in [-0.05, 0) is 84.5 Å². The van der Waals surface area contributed by atoms with Crippen LogP contribution in [0, 0.1) is 33.1 Å². The van der Waals surface area contributed by atoms with Crippen LogP contribution in [0.4, 0.5) is 5.69 Å². The Labute approximate surface area is 193 Å². The Balaban J connectivity index is 1.97. The highest BCUT2D eigenvalue weighted by Crippen LogP contribution is 2.34. The van der Waals surface area contributed by atoms with Crippen LogP contribution in [0.5, 0.6) is 0 Å². The summed E-state index contributed by atoms with van der Waals surface area (Å²) < 4.78 is 1.61. The molecule has 0 saturated heterocycles. The molecule has 4 aromatic rings. The molecule has 0 radical (unpaired) electrons. The van der Waals surface area contributed by atoms with Crippen LogP contribution in [0.25, 0.3) is 21.9 Å². The summed E-state index contributed by atoms with van der Waals surface area (Å²) in [7, 11) is 1.76. The van der Waals surface area contributed by atoms with E-state index in [1.54, 1.807) is 11.6 Å². The van der Waals surface area contributed by atoms with E-state index in [0.29, 0.717) is 11.1 Å². The largest absolute Gasteiger partial charge is 0.317 e. The summed E-state index contributed by atoms with van der Waals surface area (Å²) in [6.07, 6.45) is 7.85. The lowest BCUT2D eigenvalue weighted by atomic mass is 9.89. The molecule has 3 aromatic carbocycles. The van der Waals surface area contributed by atoms with E-state index < -0.39 is 5.91 Å². The Morgan fingerprint density at radius 2 is 1.64 bits per heavy atom. The van der Waals surface area contributed by atoms with Gasteiger partial charge in [-0.15, -0.1) is 6.42 Å². The van der Waals surface area contributed by atoms with Crippen molar-refractivity contribution in [1.29, 1.82) is 0 Å². The van der Waals surface area contributed by atoms with Crippen LogP contribution in [-0.4, -0.2) is 10.5 Å². The highest BCUT2D eigenvalue weighted by molar-refractivity contribution is 6.04. The first-order valence-corrected chi connectivity index (χ1v) is 10.8. The van der Waals surface area contributed by atoms with Crippen molar-refractivity contribution in [3.63, 3.8) is 0 Å². The zero-order valence-corrected chi connectivity index (χ0v) is 19.3. The zero-order chi connectivity index (χ0) is 23.7. The number of nitrogens with zero attached hydrogens (tertiary/aromatic N) is 1. The maximum Gasteiger partial charge on any atom is 0.300 e. The molecule has 0 unspecified atom stereocenters. The van der Waals surface area contributed by atoms with Crippen LogP contribution in [-0.2, 0) is 18.3 Å². The maximum atomic E-state index is 12.7. The number of pyridine rings is 1. The van der Waals surface area contributed by atoms with Gasteiger partial charge in [0.1, 0.15) is 0 Å². The Hall–Kier alpha value is -4.10. The first kappa shape index (κ1) is 22.1. The molecule has 1 amide bonds. The van der Waals surface area contributed by atoms with Gasteiger partial charge in [0.05, 0.1) is 0 Å². The molecule has 4 rings (SSSR count). The van der Waals surface area contributed by atoms with E-state index in [1.165, 1.54) is 22.3 Å². The average Bonchev–Trinajstić information content (AvgIpc) is 2.79. The van der Waals surface area contributed by atoms with E-state index in [-0.39, 0.29) is 5.56 Å². The summed E-state index contributed by atoms with van der Waals surface area (Å²) in [6, 6.07) is 17.9. The number of rotatable bonds is 4. The molecule has 0 aliphatic rings. The molecule has 4 nitrogen and oxygen atoms in total. The topological polar surface area (TPSA) is 51.1 Å². The van der Waals surface area contributed by atoms with E-state index in [2.05, 4.69) is 44.1 Å². The van der Waals surface area contributed by atoms with E-state index in [0.717, 1.165) is 28.5 Å². The van der Waals surface area contributed by atoms with Crippen LogP contribution < -0.4 is 10.9 Å².